The Morgan fingerprint density at radius 1 is 1.36 bits per heavy atom. The van der Waals surface area contributed by atoms with Crippen LogP contribution in [0.2, 0.25) is 0 Å². The van der Waals surface area contributed by atoms with Crippen molar-refractivity contribution in [1.82, 2.24) is 14.9 Å². The lowest BCUT2D eigenvalue weighted by molar-refractivity contribution is -0.147. The average Bonchev–Trinajstić information content (AvgIpc) is 3.15. The molecular weight excluding hydrogens is 326 g/mol. The van der Waals surface area contributed by atoms with Crippen LogP contribution in [0, 0.1) is 0 Å². The van der Waals surface area contributed by atoms with Crippen LogP contribution in [-0.2, 0) is 14.3 Å². The van der Waals surface area contributed by atoms with E-state index in [0.29, 0.717) is 25.2 Å². The Hall–Kier alpha value is -2.71. The number of aliphatic carboxylic acids is 1. The van der Waals surface area contributed by atoms with Gasteiger partial charge in [-0.25, -0.2) is 9.78 Å². The number of carbonyl (C=O) groups excluding carboxylic acids is 1. The minimum atomic E-state index is -1.04. The van der Waals surface area contributed by atoms with Gasteiger partial charge in [0.2, 0.25) is 0 Å². The quantitative estimate of drug-likeness (QED) is 0.805. The van der Waals surface area contributed by atoms with Gasteiger partial charge in [0.15, 0.2) is 0 Å². The van der Waals surface area contributed by atoms with Crippen molar-refractivity contribution < 1.29 is 24.2 Å². The summed E-state index contributed by atoms with van der Waals surface area (Å²) >= 11 is 0. The van der Waals surface area contributed by atoms with Gasteiger partial charge in [-0.15, -0.1) is 0 Å². The molecule has 2 aromatic rings. The van der Waals surface area contributed by atoms with E-state index >= 15 is 0 Å². The number of carboxylic acids is 1. The maximum Gasteiger partial charge on any atom is 0.329 e. The Morgan fingerprint density at radius 3 is 2.84 bits per heavy atom. The number of hydrogen-bond donors (Lipinski definition) is 2. The molecule has 8 heteroatoms. The van der Waals surface area contributed by atoms with Gasteiger partial charge in [0.05, 0.1) is 25.1 Å². The normalized spacial score (nSPS) is 20.2. The Labute approximate surface area is 144 Å². The summed E-state index contributed by atoms with van der Waals surface area (Å²) in [6, 6.07) is 6.72. The molecule has 1 saturated heterocycles. The summed E-state index contributed by atoms with van der Waals surface area (Å²) in [4.78, 5) is 27.1. The van der Waals surface area contributed by atoms with Gasteiger partial charge < -0.3 is 24.5 Å². The maximum absolute atomic E-state index is 12.4. The molecule has 1 aliphatic heterocycles. The fourth-order valence-corrected chi connectivity index (χ4v) is 2.68. The molecule has 1 aromatic heterocycles. The van der Waals surface area contributed by atoms with E-state index in [-0.39, 0.29) is 18.1 Å². The van der Waals surface area contributed by atoms with Crippen molar-refractivity contribution in [2.75, 3.05) is 19.8 Å². The smallest absolute Gasteiger partial charge is 0.329 e. The molecule has 3 rings (SSSR count). The summed E-state index contributed by atoms with van der Waals surface area (Å²) in [5, 5.41) is 11.6. The molecule has 2 heterocycles. The molecule has 1 amide bonds. The summed E-state index contributed by atoms with van der Waals surface area (Å²) in [7, 11) is 0. The van der Waals surface area contributed by atoms with Gasteiger partial charge in [-0.1, -0.05) is 0 Å². The van der Waals surface area contributed by atoms with E-state index in [4.69, 9.17) is 14.6 Å². The Morgan fingerprint density at radius 2 is 2.16 bits per heavy atom. The number of nitrogens with zero attached hydrogens (tertiary/aromatic N) is 2. The zero-order chi connectivity index (χ0) is 17.6. The lowest BCUT2D eigenvalue weighted by Gasteiger charge is -2.31. The summed E-state index contributed by atoms with van der Waals surface area (Å²) < 4.78 is 12.6. The third-order valence-electron chi connectivity index (χ3n) is 3.96. The molecule has 0 unspecified atom stereocenters. The summed E-state index contributed by atoms with van der Waals surface area (Å²) in [6.07, 6.45) is 5.34. The van der Waals surface area contributed by atoms with Crippen molar-refractivity contribution in [3.05, 3.63) is 48.5 Å². The van der Waals surface area contributed by atoms with Crippen LogP contribution in [0.5, 0.6) is 0 Å². The minimum Gasteiger partial charge on any atom is -0.480 e. The largest absolute Gasteiger partial charge is 0.480 e. The van der Waals surface area contributed by atoms with Crippen molar-refractivity contribution in [2.45, 2.75) is 18.6 Å². The maximum atomic E-state index is 12.4. The Kier molecular flexibility index (Phi) is 5.42. The highest BCUT2D eigenvalue weighted by atomic mass is 16.5. The second kappa shape index (κ2) is 7.91. The number of ether oxygens (including phenoxy) is 2. The number of nitrogens with one attached hydrogen (secondary N) is 1. The number of aromatic nitrogens is 2. The first kappa shape index (κ1) is 17.1. The fourth-order valence-electron chi connectivity index (χ4n) is 2.68. The van der Waals surface area contributed by atoms with Gasteiger partial charge in [0, 0.05) is 30.3 Å². The molecular formula is C17H19N3O5. The fraction of sp³-hybridized carbons (Fsp3) is 0.353. The van der Waals surface area contributed by atoms with Crippen molar-refractivity contribution in [3.63, 3.8) is 0 Å². The molecule has 2 atom stereocenters. The standard InChI is InChI=1S/C17H19N3O5/c21-16(22)10-25-15-5-8-24-9-14(15)19-17(23)12-1-3-13(4-2-12)20-7-6-18-11-20/h1-4,6-7,11,14-15H,5,8-10H2,(H,19,23)(H,21,22)/t14-,15+/m1/s1. The van der Waals surface area contributed by atoms with Crippen LogP contribution < -0.4 is 5.32 Å². The Balaban J connectivity index is 1.62. The summed E-state index contributed by atoms with van der Waals surface area (Å²) in [6.45, 7) is 0.385. The molecule has 132 valence electrons. The highest BCUT2D eigenvalue weighted by molar-refractivity contribution is 5.94. The van der Waals surface area contributed by atoms with Crippen LogP contribution in [0.3, 0.4) is 0 Å². The van der Waals surface area contributed by atoms with Crippen molar-refractivity contribution in [2.24, 2.45) is 0 Å². The number of imidazole rings is 1. The highest BCUT2D eigenvalue weighted by Crippen LogP contribution is 2.14. The summed E-state index contributed by atoms with van der Waals surface area (Å²) in [5.41, 5.74) is 1.41. The van der Waals surface area contributed by atoms with Gasteiger partial charge in [-0.3, -0.25) is 4.79 Å². The van der Waals surface area contributed by atoms with Crippen LogP contribution in [0.25, 0.3) is 5.69 Å². The second-order valence-corrected chi connectivity index (χ2v) is 5.70. The zero-order valence-corrected chi connectivity index (χ0v) is 13.5. The molecule has 1 aromatic carbocycles. The molecule has 25 heavy (non-hydrogen) atoms. The Bertz CT molecular complexity index is 714. The SMILES string of the molecule is O=C(O)CO[C@H]1CCOC[C@H]1NC(=O)c1ccc(-n2ccnc2)cc1. The van der Waals surface area contributed by atoms with Gasteiger partial charge in [0.1, 0.15) is 6.61 Å². The van der Waals surface area contributed by atoms with Crippen LogP contribution in [0.4, 0.5) is 0 Å². The molecule has 0 saturated carbocycles. The van der Waals surface area contributed by atoms with Gasteiger partial charge >= 0.3 is 5.97 Å². The number of amides is 1. The van der Waals surface area contributed by atoms with E-state index in [0.717, 1.165) is 5.69 Å². The first-order valence-electron chi connectivity index (χ1n) is 7.94. The van der Waals surface area contributed by atoms with E-state index in [1.807, 2.05) is 22.9 Å². The van der Waals surface area contributed by atoms with Crippen LogP contribution >= 0.6 is 0 Å². The monoisotopic (exact) mass is 345 g/mol. The number of benzene rings is 1. The average molecular weight is 345 g/mol. The van der Waals surface area contributed by atoms with E-state index in [1.54, 1.807) is 24.7 Å². The van der Waals surface area contributed by atoms with Crippen LogP contribution in [0.1, 0.15) is 16.8 Å². The van der Waals surface area contributed by atoms with E-state index in [9.17, 15) is 9.59 Å². The third-order valence-corrected chi connectivity index (χ3v) is 3.96. The number of rotatable bonds is 6. The molecule has 0 aliphatic carbocycles. The molecule has 0 spiro atoms. The third kappa shape index (κ3) is 4.43. The first-order valence-corrected chi connectivity index (χ1v) is 7.94. The van der Waals surface area contributed by atoms with Gasteiger partial charge in [-0.05, 0) is 30.7 Å². The first-order chi connectivity index (χ1) is 12.1. The lowest BCUT2D eigenvalue weighted by atomic mass is 10.1. The summed E-state index contributed by atoms with van der Waals surface area (Å²) in [5.74, 6) is -1.29. The van der Waals surface area contributed by atoms with E-state index in [1.165, 1.54) is 0 Å². The molecule has 2 N–H and O–H groups in total. The molecule has 1 fully saturated rings. The van der Waals surface area contributed by atoms with Crippen molar-refractivity contribution in [1.29, 1.82) is 0 Å². The number of carbonyl (C=O) groups is 2. The lowest BCUT2D eigenvalue weighted by Crippen LogP contribution is -2.51. The van der Waals surface area contributed by atoms with Crippen LogP contribution in [0.15, 0.2) is 43.0 Å². The van der Waals surface area contributed by atoms with Gasteiger partial charge in [-0.2, -0.15) is 0 Å². The predicted octanol–water partition coefficient (Wildman–Crippen LogP) is 0.861. The predicted molar refractivity (Wildman–Crippen MR) is 87.6 cm³/mol. The van der Waals surface area contributed by atoms with Crippen molar-refractivity contribution >= 4 is 11.9 Å². The molecule has 1 aliphatic rings. The van der Waals surface area contributed by atoms with Crippen LogP contribution in [-0.4, -0.2) is 58.5 Å². The minimum absolute atomic E-state index is 0.253. The molecule has 0 radical (unpaired) electrons. The topological polar surface area (TPSA) is 103 Å². The van der Waals surface area contributed by atoms with E-state index < -0.39 is 12.6 Å². The number of carboxylic acid groups (broad SMARTS) is 1. The molecule has 8 nitrogen and oxygen atoms in total. The second-order valence-electron chi connectivity index (χ2n) is 5.70. The zero-order valence-electron chi connectivity index (χ0n) is 13.5. The van der Waals surface area contributed by atoms with Crippen molar-refractivity contribution in [3.8, 4) is 5.69 Å². The number of hydrogen-bond acceptors (Lipinski definition) is 5. The highest BCUT2D eigenvalue weighted by Gasteiger charge is 2.28. The molecule has 0 bridgehead atoms. The van der Waals surface area contributed by atoms with Gasteiger partial charge in [0.25, 0.3) is 5.91 Å². The van der Waals surface area contributed by atoms with E-state index in [2.05, 4.69) is 10.3 Å².